The van der Waals surface area contributed by atoms with Crippen molar-refractivity contribution in [3.05, 3.63) is 51.5 Å². The van der Waals surface area contributed by atoms with E-state index in [0.29, 0.717) is 5.02 Å². The number of hydrogen-bond acceptors (Lipinski definition) is 3. The fourth-order valence-corrected chi connectivity index (χ4v) is 4.39. The standard InChI is InChI=1S/C20H19ClO3/c1-10-7-15-17(18-19(23-18)20(24-15)5-6-20)11(2)16(10)12-3-4-14(21)13(8-12)9-22/h3-4,7-8,18-19,22H,5-6,9H2,1-2H3. The van der Waals surface area contributed by atoms with Crippen molar-refractivity contribution in [2.24, 2.45) is 0 Å². The lowest BCUT2D eigenvalue weighted by Crippen LogP contribution is -2.29. The van der Waals surface area contributed by atoms with Gasteiger partial charge in [0.25, 0.3) is 0 Å². The van der Waals surface area contributed by atoms with Gasteiger partial charge in [0.2, 0.25) is 0 Å². The van der Waals surface area contributed by atoms with Gasteiger partial charge in [0.15, 0.2) is 0 Å². The largest absolute Gasteiger partial charge is 0.484 e. The molecule has 0 radical (unpaired) electrons. The summed E-state index contributed by atoms with van der Waals surface area (Å²) in [6.07, 6.45) is 2.62. The van der Waals surface area contributed by atoms with E-state index >= 15 is 0 Å². The fourth-order valence-electron chi connectivity index (χ4n) is 4.21. The van der Waals surface area contributed by atoms with Crippen LogP contribution >= 0.6 is 11.6 Å². The molecule has 1 N–H and O–H groups in total. The molecular weight excluding hydrogens is 324 g/mol. The number of rotatable bonds is 2. The highest BCUT2D eigenvalue weighted by Gasteiger charge is 2.67. The zero-order chi connectivity index (χ0) is 16.6. The van der Waals surface area contributed by atoms with Gasteiger partial charge < -0.3 is 14.6 Å². The molecule has 2 aromatic carbocycles. The number of aliphatic hydroxyl groups excluding tert-OH is 1. The molecule has 124 valence electrons. The van der Waals surface area contributed by atoms with Gasteiger partial charge in [-0.15, -0.1) is 0 Å². The molecule has 24 heavy (non-hydrogen) atoms. The van der Waals surface area contributed by atoms with Crippen LogP contribution in [0, 0.1) is 13.8 Å². The smallest absolute Gasteiger partial charge is 0.138 e. The van der Waals surface area contributed by atoms with Crippen LogP contribution in [0.4, 0.5) is 0 Å². The lowest BCUT2D eigenvalue weighted by atomic mass is 9.87. The third kappa shape index (κ3) is 1.92. The number of ether oxygens (including phenoxy) is 2. The van der Waals surface area contributed by atoms with Crippen LogP contribution in [0.1, 0.15) is 41.2 Å². The molecule has 3 aliphatic rings. The first-order valence-electron chi connectivity index (χ1n) is 8.42. The summed E-state index contributed by atoms with van der Waals surface area (Å²) in [7, 11) is 0. The molecule has 5 rings (SSSR count). The zero-order valence-electron chi connectivity index (χ0n) is 13.7. The van der Waals surface area contributed by atoms with Crippen molar-refractivity contribution in [2.75, 3.05) is 0 Å². The predicted octanol–water partition coefficient (Wildman–Crippen LogP) is 4.48. The van der Waals surface area contributed by atoms with Crippen molar-refractivity contribution in [3.8, 4) is 16.9 Å². The number of aliphatic hydroxyl groups is 1. The molecule has 0 bridgehead atoms. The minimum absolute atomic E-state index is 0.0393. The van der Waals surface area contributed by atoms with Crippen molar-refractivity contribution >= 4 is 11.6 Å². The molecule has 1 aliphatic carbocycles. The van der Waals surface area contributed by atoms with Crippen molar-refractivity contribution in [1.82, 2.24) is 0 Å². The molecule has 4 heteroatoms. The Hall–Kier alpha value is -1.55. The van der Waals surface area contributed by atoms with E-state index in [1.54, 1.807) is 0 Å². The molecule has 2 heterocycles. The molecule has 0 aromatic heterocycles. The van der Waals surface area contributed by atoms with Gasteiger partial charge in [-0.1, -0.05) is 17.7 Å². The quantitative estimate of drug-likeness (QED) is 0.818. The van der Waals surface area contributed by atoms with E-state index in [9.17, 15) is 5.11 Å². The van der Waals surface area contributed by atoms with Crippen LogP contribution in [0.5, 0.6) is 5.75 Å². The number of benzene rings is 2. The monoisotopic (exact) mass is 342 g/mol. The third-order valence-corrected chi connectivity index (χ3v) is 6.01. The van der Waals surface area contributed by atoms with Gasteiger partial charge in [0.05, 0.1) is 6.61 Å². The van der Waals surface area contributed by atoms with Crippen LogP contribution < -0.4 is 4.74 Å². The lowest BCUT2D eigenvalue weighted by Gasteiger charge is -2.26. The molecule has 2 aromatic rings. The Kier molecular flexibility index (Phi) is 2.92. The highest BCUT2D eigenvalue weighted by atomic mass is 35.5. The minimum atomic E-state index is -0.0604. The number of aryl methyl sites for hydroxylation is 1. The van der Waals surface area contributed by atoms with Crippen molar-refractivity contribution in [2.45, 2.75) is 51.1 Å². The maximum Gasteiger partial charge on any atom is 0.138 e. The number of hydrogen-bond donors (Lipinski definition) is 1. The predicted molar refractivity (Wildman–Crippen MR) is 92.5 cm³/mol. The van der Waals surface area contributed by atoms with Gasteiger partial charge in [0, 0.05) is 10.6 Å². The molecule has 2 atom stereocenters. The fraction of sp³-hybridized carbons (Fsp3) is 0.400. The average molecular weight is 343 g/mol. The first-order valence-corrected chi connectivity index (χ1v) is 8.80. The second-order valence-electron chi connectivity index (χ2n) is 7.21. The van der Waals surface area contributed by atoms with E-state index in [2.05, 4.69) is 19.9 Å². The van der Waals surface area contributed by atoms with Crippen LogP contribution in [-0.4, -0.2) is 16.8 Å². The van der Waals surface area contributed by atoms with Crippen molar-refractivity contribution < 1.29 is 14.6 Å². The Morgan fingerprint density at radius 3 is 2.75 bits per heavy atom. The summed E-state index contributed by atoms with van der Waals surface area (Å²) in [5.74, 6) is 0.987. The Labute approximate surface area is 146 Å². The van der Waals surface area contributed by atoms with Gasteiger partial charge in [-0.05, 0) is 72.7 Å². The summed E-state index contributed by atoms with van der Waals surface area (Å²) in [6, 6.07) is 7.98. The topological polar surface area (TPSA) is 42.0 Å². The lowest BCUT2D eigenvalue weighted by molar-refractivity contribution is 0.136. The maximum atomic E-state index is 9.51. The summed E-state index contributed by atoms with van der Waals surface area (Å²) in [4.78, 5) is 0. The molecule has 2 aliphatic heterocycles. The summed E-state index contributed by atoms with van der Waals surface area (Å²) in [6.45, 7) is 4.19. The van der Waals surface area contributed by atoms with E-state index in [4.69, 9.17) is 21.1 Å². The summed E-state index contributed by atoms with van der Waals surface area (Å²) in [5, 5.41) is 10.1. The van der Waals surface area contributed by atoms with Gasteiger partial charge >= 0.3 is 0 Å². The molecule has 1 spiro atoms. The van der Waals surface area contributed by atoms with E-state index in [0.717, 1.165) is 29.7 Å². The zero-order valence-corrected chi connectivity index (χ0v) is 14.5. The Morgan fingerprint density at radius 2 is 2.04 bits per heavy atom. The van der Waals surface area contributed by atoms with Crippen LogP contribution in [0.25, 0.3) is 11.1 Å². The van der Waals surface area contributed by atoms with Crippen LogP contribution in [0.15, 0.2) is 24.3 Å². The van der Waals surface area contributed by atoms with Crippen molar-refractivity contribution in [1.29, 1.82) is 0 Å². The Balaban J connectivity index is 1.67. The summed E-state index contributed by atoms with van der Waals surface area (Å²) < 4.78 is 12.3. The first kappa shape index (κ1) is 14.8. The number of halogens is 1. The van der Waals surface area contributed by atoms with Gasteiger partial charge in [0.1, 0.15) is 23.6 Å². The normalized spacial score (nSPS) is 25.0. The van der Waals surface area contributed by atoms with E-state index in [1.807, 2.05) is 18.2 Å². The molecular formula is C20H19ClO3. The first-order chi connectivity index (χ1) is 11.5. The van der Waals surface area contributed by atoms with Crippen LogP contribution in [-0.2, 0) is 11.3 Å². The highest BCUT2D eigenvalue weighted by Crippen LogP contribution is 2.63. The highest BCUT2D eigenvalue weighted by molar-refractivity contribution is 6.31. The molecule has 1 saturated heterocycles. The molecule has 2 unspecified atom stereocenters. The minimum Gasteiger partial charge on any atom is -0.484 e. The van der Waals surface area contributed by atoms with Gasteiger partial charge in [-0.3, -0.25) is 0 Å². The molecule has 2 fully saturated rings. The van der Waals surface area contributed by atoms with Gasteiger partial charge in [-0.2, -0.15) is 0 Å². The van der Waals surface area contributed by atoms with E-state index in [1.165, 1.54) is 22.3 Å². The Bertz CT molecular complexity index is 870. The van der Waals surface area contributed by atoms with Crippen LogP contribution in [0.2, 0.25) is 5.02 Å². The summed E-state index contributed by atoms with van der Waals surface area (Å²) in [5.41, 5.74) is 6.54. The van der Waals surface area contributed by atoms with Crippen LogP contribution in [0.3, 0.4) is 0 Å². The second-order valence-corrected chi connectivity index (χ2v) is 7.62. The average Bonchev–Trinajstić information content (AvgIpc) is 3.44. The van der Waals surface area contributed by atoms with E-state index in [-0.39, 0.29) is 24.4 Å². The molecule has 3 nitrogen and oxygen atoms in total. The van der Waals surface area contributed by atoms with Gasteiger partial charge in [-0.25, -0.2) is 0 Å². The van der Waals surface area contributed by atoms with Crippen molar-refractivity contribution in [3.63, 3.8) is 0 Å². The molecule has 0 amide bonds. The summed E-state index contributed by atoms with van der Waals surface area (Å²) >= 11 is 6.15. The maximum absolute atomic E-state index is 9.51. The third-order valence-electron chi connectivity index (χ3n) is 5.64. The number of epoxide rings is 1. The second kappa shape index (κ2) is 4.75. The Morgan fingerprint density at radius 1 is 1.25 bits per heavy atom. The van der Waals surface area contributed by atoms with E-state index < -0.39 is 0 Å². The molecule has 1 saturated carbocycles. The SMILES string of the molecule is Cc1cc2c(c(C)c1-c1ccc(Cl)c(CO)c1)C1OC1C1(CC1)O2. The number of fused-ring (bicyclic) bond motifs is 4.